The van der Waals surface area contributed by atoms with Crippen molar-refractivity contribution in [3.05, 3.63) is 60.4 Å². The van der Waals surface area contributed by atoms with E-state index in [0.29, 0.717) is 6.54 Å². The first-order valence-electron chi connectivity index (χ1n) is 10.1. The van der Waals surface area contributed by atoms with Crippen LogP contribution in [0, 0.1) is 12.8 Å². The highest BCUT2D eigenvalue weighted by Crippen LogP contribution is 2.23. The fourth-order valence-electron chi connectivity index (χ4n) is 3.71. The van der Waals surface area contributed by atoms with Crippen LogP contribution in [-0.4, -0.2) is 45.6 Å². The summed E-state index contributed by atoms with van der Waals surface area (Å²) in [6, 6.07) is 9.72. The molecule has 30 heavy (non-hydrogen) atoms. The number of aryl methyl sites for hydroxylation is 1. The lowest BCUT2D eigenvalue weighted by molar-refractivity contribution is -0.125. The van der Waals surface area contributed by atoms with Crippen LogP contribution in [-0.2, 0) is 11.3 Å². The van der Waals surface area contributed by atoms with Gasteiger partial charge in [0.2, 0.25) is 5.91 Å². The molecule has 8 nitrogen and oxygen atoms in total. The van der Waals surface area contributed by atoms with Gasteiger partial charge in [-0.15, -0.1) is 0 Å². The first-order chi connectivity index (χ1) is 14.6. The number of hydrogen-bond donors (Lipinski definition) is 1. The number of nitrogens with one attached hydrogen (secondary N) is 1. The maximum atomic E-state index is 12.6. The third-order valence-corrected chi connectivity index (χ3v) is 5.53. The third kappa shape index (κ3) is 4.42. The van der Waals surface area contributed by atoms with Gasteiger partial charge in [0.15, 0.2) is 0 Å². The van der Waals surface area contributed by atoms with E-state index in [0.717, 1.165) is 54.7 Å². The van der Waals surface area contributed by atoms with Crippen molar-refractivity contribution in [2.45, 2.75) is 26.3 Å². The number of imidazole rings is 1. The van der Waals surface area contributed by atoms with Crippen molar-refractivity contribution in [2.75, 3.05) is 25.1 Å². The molecule has 0 radical (unpaired) electrons. The Morgan fingerprint density at radius 1 is 1.13 bits per heavy atom. The zero-order valence-electron chi connectivity index (χ0n) is 17.3. The van der Waals surface area contributed by atoms with E-state index >= 15 is 0 Å². The van der Waals surface area contributed by atoms with E-state index in [1.807, 2.05) is 48.0 Å². The summed E-state index contributed by atoms with van der Waals surface area (Å²) in [6.45, 7) is 4.06. The van der Waals surface area contributed by atoms with Crippen molar-refractivity contribution in [1.29, 1.82) is 0 Å². The van der Waals surface area contributed by atoms with E-state index in [4.69, 9.17) is 4.74 Å². The van der Waals surface area contributed by atoms with Crippen molar-refractivity contribution < 1.29 is 9.53 Å². The first-order valence-corrected chi connectivity index (χ1v) is 10.1. The van der Waals surface area contributed by atoms with Crippen LogP contribution in [0.15, 0.2) is 49.1 Å². The predicted molar refractivity (Wildman–Crippen MR) is 114 cm³/mol. The standard InChI is InChI=1S/C22H26N6O2/c1-16-23-9-12-28(16)21-13-20(25-15-26-21)27-10-7-18(8-11-27)22(29)24-14-17-3-5-19(30-2)6-4-17/h3-6,9,12-13,15,18H,7-8,10-11,14H2,1-2H3,(H,24,29). The molecule has 0 atom stereocenters. The lowest BCUT2D eigenvalue weighted by atomic mass is 9.96. The van der Waals surface area contributed by atoms with E-state index in [1.165, 1.54) is 0 Å². The van der Waals surface area contributed by atoms with Gasteiger partial charge in [-0.25, -0.2) is 15.0 Å². The van der Waals surface area contributed by atoms with Crippen LogP contribution in [0.2, 0.25) is 0 Å². The van der Waals surface area contributed by atoms with Crippen LogP contribution < -0.4 is 15.0 Å². The number of anilines is 1. The Morgan fingerprint density at radius 3 is 2.53 bits per heavy atom. The molecule has 1 aliphatic heterocycles. The minimum Gasteiger partial charge on any atom is -0.497 e. The lowest BCUT2D eigenvalue weighted by Crippen LogP contribution is -2.40. The smallest absolute Gasteiger partial charge is 0.223 e. The van der Waals surface area contributed by atoms with Crippen molar-refractivity contribution in [2.24, 2.45) is 5.92 Å². The Morgan fingerprint density at radius 2 is 1.87 bits per heavy atom. The summed E-state index contributed by atoms with van der Waals surface area (Å²) in [5.41, 5.74) is 1.06. The molecule has 3 aromatic rings. The number of piperidine rings is 1. The molecule has 4 rings (SSSR count). The molecule has 0 unspecified atom stereocenters. The molecule has 0 saturated carbocycles. The van der Waals surface area contributed by atoms with E-state index in [1.54, 1.807) is 19.6 Å². The van der Waals surface area contributed by atoms with E-state index in [2.05, 4.69) is 25.2 Å². The van der Waals surface area contributed by atoms with Crippen molar-refractivity contribution in [3.63, 3.8) is 0 Å². The molecule has 8 heteroatoms. The molecular weight excluding hydrogens is 380 g/mol. The number of nitrogens with zero attached hydrogens (tertiary/aromatic N) is 5. The molecule has 0 spiro atoms. The highest BCUT2D eigenvalue weighted by Gasteiger charge is 2.25. The number of benzene rings is 1. The lowest BCUT2D eigenvalue weighted by Gasteiger charge is -2.32. The van der Waals surface area contributed by atoms with Crippen LogP contribution in [0.5, 0.6) is 5.75 Å². The Bertz CT molecular complexity index is 993. The van der Waals surface area contributed by atoms with E-state index in [-0.39, 0.29) is 11.8 Å². The highest BCUT2D eigenvalue weighted by atomic mass is 16.5. The summed E-state index contributed by atoms with van der Waals surface area (Å²) in [5, 5.41) is 3.06. The molecule has 1 fully saturated rings. The predicted octanol–water partition coefficient (Wildman–Crippen LogP) is 2.51. The van der Waals surface area contributed by atoms with Gasteiger partial charge < -0.3 is 15.0 Å². The minimum absolute atomic E-state index is 0.0247. The Labute approximate surface area is 175 Å². The molecule has 1 N–H and O–H groups in total. The quantitative estimate of drug-likeness (QED) is 0.677. The summed E-state index contributed by atoms with van der Waals surface area (Å²) in [4.78, 5) is 27.8. The third-order valence-electron chi connectivity index (χ3n) is 5.53. The van der Waals surface area contributed by atoms with E-state index < -0.39 is 0 Å². The van der Waals surface area contributed by atoms with Gasteiger partial charge in [0.25, 0.3) is 0 Å². The average molecular weight is 406 g/mol. The van der Waals surface area contributed by atoms with Crippen LogP contribution >= 0.6 is 0 Å². The topological polar surface area (TPSA) is 85.2 Å². The second-order valence-electron chi connectivity index (χ2n) is 7.41. The zero-order chi connectivity index (χ0) is 20.9. The summed E-state index contributed by atoms with van der Waals surface area (Å²) in [6.07, 6.45) is 6.83. The largest absolute Gasteiger partial charge is 0.497 e. The number of rotatable bonds is 6. The summed E-state index contributed by atoms with van der Waals surface area (Å²) < 4.78 is 7.10. The normalized spacial score (nSPS) is 14.5. The molecule has 1 aliphatic rings. The Balaban J connectivity index is 1.31. The average Bonchev–Trinajstić information content (AvgIpc) is 3.24. The van der Waals surface area contributed by atoms with Crippen molar-refractivity contribution in [1.82, 2.24) is 24.8 Å². The fourth-order valence-corrected chi connectivity index (χ4v) is 3.71. The molecule has 1 aromatic carbocycles. The molecular formula is C22H26N6O2. The summed E-state index contributed by atoms with van der Waals surface area (Å²) in [7, 11) is 1.64. The van der Waals surface area contributed by atoms with Gasteiger partial charge >= 0.3 is 0 Å². The van der Waals surface area contributed by atoms with Crippen LogP contribution in [0.4, 0.5) is 5.82 Å². The number of ether oxygens (including phenoxy) is 1. The SMILES string of the molecule is COc1ccc(CNC(=O)C2CCN(c3cc(-n4ccnc4C)ncn3)CC2)cc1. The van der Waals surface area contributed by atoms with Crippen molar-refractivity contribution in [3.8, 4) is 11.6 Å². The number of carbonyl (C=O) groups excluding carboxylic acids is 1. The second kappa shape index (κ2) is 8.94. The maximum Gasteiger partial charge on any atom is 0.223 e. The Kier molecular flexibility index (Phi) is 5.92. The van der Waals surface area contributed by atoms with Gasteiger partial charge in [-0.3, -0.25) is 9.36 Å². The molecule has 0 aliphatic carbocycles. The Hall–Kier alpha value is -3.42. The van der Waals surface area contributed by atoms with Crippen molar-refractivity contribution >= 4 is 11.7 Å². The number of amides is 1. The molecule has 1 amide bonds. The number of hydrogen-bond acceptors (Lipinski definition) is 6. The van der Waals surface area contributed by atoms with Crippen LogP contribution in [0.3, 0.4) is 0 Å². The number of methoxy groups -OCH3 is 1. The van der Waals surface area contributed by atoms with Crippen LogP contribution in [0.1, 0.15) is 24.2 Å². The van der Waals surface area contributed by atoms with Gasteiger partial charge in [0.05, 0.1) is 7.11 Å². The number of carbonyl (C=O) groups is 1. The first kappa shape index (κ1) is 19.9. The monoisotopic (exact) mass is 406 g/mol. The van der Waals surface area contributed by atoms with Crippen LogP contribution in [0.25, 0.3) is 5.82 Å². The van der Waals surface area contributed by atoms with Gasteiger partial charge in [-0.1, -0.05) is 12.1 Å². The molecule has 0 bridgehead atoms. The molecule has 3 heterocycles. The highest BCUT2D eigenvalue weighted by molar-refractivity contribution is 5.79. The van der Waals surface area contributed by atoms with E-state index in [9.17, 15) is 4.79 Å². The van der Waals surface area contributed by atoms with Gasteiger partial charge in [0.1, 0.15) is 29.5 Å². The minimum atomic E-state index is 0.0247. The van der Waals surface area contributed by atoms with Gasteiger partial charge in [0, 0.05) is 44.0 Å². The molecule has 1 saturated heterocycles. The molecule has 2 aromatic heterocycles. The van der Waals surface area contributed by atoms with Gasteiger partial charge in [-0.05, 0) is 37.5 Å². The zero-order valence-corrected chi connectivity index (χ0v) is 17.3. The van der Waals surface area contributed by atoms with Gasteiger partial charge in [-0.2, -0.15) is 0 Å². The summed E-state index contributed by atoms with van der Waals surface area (Å²) >= 11 is 0. The maximum absolute atomic E-state index is 12.6. The summed E-state index contributed by atoms with van der Waals surface area (Å²) in [5.74, 6) is 3.51. The second-order valence-corrected chi connectivity index (χ2v) is 7.41. The fraction of sp³-hybridized carbons (Fsp3) is 0.364. The molecule has 156 valence electrons. The number of aromatic nitrogens is 4.